The van der Waals surface area contributed by atoms with Gasteiger partial charge < -0.3 is 19.9 Å². The molecule has 7 heteroatoms. The van der Waals surface area contributed by atoms with Crippen molar-refractivity contribution < 1.29 is 19.1 Å². The normalized spacial score (nSPS) is 10.7. The number of nitrogens with zero attached hydrogens (tertiary/aromatic N) is 1. The third kappa shape index (κ3) is 5.04. The molecule has 1 aromatic heterocycles. The number of benzene rings is 1. The number of H-pyrrole nitrogens is 1. The summed E-state index contributed by atoms with van der Waals surface area (Å²) in [5.41, 5.74) is 3.15. The third-order valence-electron chi connectivity index (χ3n) is 4.85. The number of methoxy groups -OCH3 is 1. The summed E-state index contributed by atoms with van der Waals surface area (Å²) in [4.78, 5) is 41.6. The van der Waals surface area contributed by atoms with Gasteiger partial charge in [-0.2, -0.15) is 0 Å². The zero-order valence-electron chi connectivity index (χ0n) is 17.9. The molecule has 0 bridgehead atoms. The minimum atomic E-state index is -0.577. The first-order chi connectivity index (χ1) is 13.7. The van der Waals surface area contributed by atoms with Gasteiger partial charge in [-0.25, -0.2) is 4.79 Å². The number of aromatic nitrogens is 1. The number of aromatic amines is 1. The van der Waals surface area contributed by atoms with E-state index >= 15 is 0 Å². The van der Waals surface area contributed by atoms with Crippen LogP contribution in [0.5, 0.6) is 0 Å². The topological polar surface area (TPSA) is 91.5 Å². The van der Waals surface area contributed by atoms with Crippen molar-refractivity contribution in [1.82, 2.24) is 4.98 Å². The third-order valence-corrected chi connectivity index (χ3v) is 4.85. The molecule has 2 N–H and O–H groups in total. The lowest BCUT2D eigenvalue weighted by Crippen LogP contribution is -2.30. The summed E-state index contributed by atoms with van der Waals surface area (Å²) in [5.74, 6) is -1.08. The van der Waals surface area contributed by atoms with Gasteiger partial charge in [-0.1, -0.05) is 0 Å². The number of hydrogen-bond donors (Lipinski definition) is 2. The molecule has 1 amide bonds. The Labute approximate surface area is 171 Å². The van der Waals surface area contributed by atoms with Crippen molar-refractivity contribution in [1.29, 1.82) is 0 Å². The number of Topliss-reactive ketones (excluding diaryl/α,β-unsaturated/α-hetero) is 1. The van der Waals surface area contributed by atoms with Gasteiger partial charge in [-0.3, -0.25) is 9.59 Å². The summed E-state index contributed by atoms with van der Waals surface area (Å²) in [6, 6.07) is 8.00. The van der Waals surface area contributed by atoms with Crippen LogP contribution in [0.1, 0.15) is 59.8 Å². The lowest BCUT2D eigenvalue weighted by Gasteiger charge is -2.27. The Hall–Kier alpha value is -3.09. The van der Waals surface area contributed by atoms with Crippen molar-refractivity contribution in [2.75, 3.05) is 23.9 Å². The molecule has 0 unspecified atom stereocenters. The van der Waals surface area contributed by atoms with Gasteiger partial charge in [0.15, 0.2) is 5.78 Å². The van der Waals surface area contributed by atoms with Crippen LogP contribution < -0.4 is 10.2 Å². The molecule has 0 aliphatic carbocycles. The molecule has 0 aliphatic heterocycles. The average Bonchev–Trinajstić information content (AvgIpc) is 2.98. The maximum Gasteiger partial charge on any atom is 0.339 e. The van der Waals surface area contributed by atoms with E-state index in [1.165, 1.54) is 14.0 Å². The summed E-state index contributed by atoms with van der Waals surface area (Å²) in [7, 11) is 1.27. The maximum absolute atomic E-state index is 12.5. The van der Waals surface area contributed by atoms with Gasteiger partial charge in [0.05, 0.1) is 24.8 Å². The molecule has 1 aromatic carbocycles. The molecule has 2 rings (SSSR count). The summed E-state index contributed by atoms with van der Waals surface area (Å²) in [5, 5.41) is 2.83. The van der Waals surface area contributed by atoms with Crippen molar-refractivity contribution in [3.8, 4) is 0 Å². The van der Waals surface area contributed by atoms with Gasteiger partial charge in [-0.05, 0) is 57.5 Å². The molecule has 0 saturated heterocycles. The van der Waals surface area contributed by atoms with Gasteiger partial charge in [-0.15, -0.1) is 0 Å². The highest BCUT2D eigenvalue weighted by atomic mass is 16.5. The Morgan fingerprint density at radius 1 is 1.17 bits per heavy atom. The first-order valence-corrected chi connectivity index (χ1v) is 9.66. The SMILES string of the molecule is CCN(c1ccc(NC(=O)Cc2[nH]c(C(C)=O)c(C)c2C(=O)OC)cc1)C(C)C. The van der Waals surface area contributed by atoms with Crippen LogP contribution in [0.15, 0.2) is 24.3 Å². The second-order valence-corrected chi connectivity index (χ2v) is 7.18. The highest BCUT2D eigenvalue weighted by Gasteiger charge is 2.24. The minimum Gasteiger partial charge on any atom is -0.465 e. The number of hydrogen-bond acceptors (Lipinski definition) is 5. The Kier molecular flexibility index (Phi) is 7.20. The minimum absolute atomic E-state index is 0.0760. The van der Waals surface area contributed by atoms with Crippen LogP contribution in [0.4, 0.5) is 11.4 Å². The number of rotatable bonds is 8. The van der Waals surface area contributed by atoms with Crippen LogP contribution in [0.3, 0.4) is 0 Å². The molecule has 1 heterocycles. The fourth-order valence-corrected chi connectivity index (χ4v) is 3.47. The van der Waals surface area contributed by atoms with Crippen LogP contribution in [0.25, 0.3) is 0 Å². The number of ether oxygens (including phenoxy) is 1. The Morgan fingerprint density at radius 3 is 2.28 bits per heavy atom. The first-order valence-electron chi connectivity index (χ1n) is 9.66. The van der Waals surface area contributed by atoms with Crippen LogP contribution in [0.2, 0.25) is 0 Å². The lowest BCUT2D eigenvalue weighted by atomic mass is 10.1. The van der Waals surface area contributed by atoms with E-state index in [4.69, 9.17) is 4.74 Å². The van der Waals surface area contributed by atoms with E-state index in [1.54, 1.807) is 6.92 Å². The molecular weight excluding hydrogens is 370 g/mol. The van der Waals surface area contributed by atoms with Crippen LogP contribution in [0, 0.1) is 6.92 Å². The van der Waals surface area contributed by atoms with E-state index in [-0.39, 0.29) is 23.7 Å². The van der Waals surface area contributed by atoms with Crippen LogP contribution >= 0.6 is 0 Å². The van der Waals surface area contributed by atoms with Gasteiger partial charge >= 0.3 is 5.97 Å². The molecule has 2 aromatic rings. The van der Waals surface area contributed by atoms with Crippen LogP contribution in [-0.4, -0.2) is 42.3 Å². The predicted octanol–water partition coefficient (Wildman–Crippen LogP) is 3.73. The van der Waals surface area contributed by atoms with Gasteiger partial charge in [0.1, 0.15) is 0 Å². The summed E-state index contributed by atoms with van der Waals surface area (Å²) >= 11 is 0. The summed E-state index contributed by atoms with van der Waals surface area (Å²) in [6.45, 7) is 10.3. The van der Waals surface area contributed by atoms with E-state index in [1.807, 2.05) is 24.3 Å². The smallest absolute Gasteiger partial charge is 0.339 e. The predicted molar refractivity (Wildman–Crippen MR) is 114 cm³/mol. The summed E-state index contributed by atoms with van der Waals surface area (Å²) < 4.78 is 4.81. The molecule has 0 fully saturated rings. The monoisotopic (exact) mass is 399 g/mol. The molecule has 29 heavy (non-hydrogen) atoms. The van der Waals surface area contributed by atoms with Crippen molar-refractivity contribution in [3.05, 3.63) is 46.8 Å². The number of esters is 1. The van der Waals surface area contributed by atoms with Crippen molar-refractivity contribution in [2.45, 2.75) is 47.1 Å². The van der Waals surface area contributed by atoms with E-state index < -0.39 is 5.97 Å². The Balaban J connectivity index is 2.18. The van der Waals surface area contributed by atoms with Gasteiger partial charge in [0.25, 0.3) is 0 Å². The molecule has 0 spiro atoms. The molecule has 0 atom stereocenters. The van der Waals surface area contributed by atoms with Gasteiger partial charge in [0, 0.05) is 36.6 Å². The van der Waals surface area contributed by atoms with E-state index in [0.717, 1.165) is 12.2 Å². The molecule has 0 radical (unpaired) electrons. The standard InChI is InChI=1S/C22H29N3O4/c1-7-25(13(2)3)17-10-8-16(9-11-17)23-19(27)12-18-20(22(28)29-6)14(4)21(24-18)15(5)26/h8-11,13,24H,7,12H2,1-6H3,(H,23,27). The molecule has 156 valence electrons. The quantitative estimate of drug-likeness (QED) is 0.521. The molecule has 0 saturated carbocycles. The second kappa shape index (κ2) is 9.41. The molecular formula is C22H29N3O4. The maximum atomic E-state index is 12.5. The number of ketones is 1. The zero-order valence-corrected chi connectivity index (χ0v) is 17.9. The first kappa shape index (κ1) is 22.2. The second-order valence-electron chi connectivity index (χ2n) is 7.18. The zero-order chi connectivity index (χ0) is 21.7. The number of anilines is 2. The number of carbonyl (C=O) groups is 3. The average molecular weight is 399 g/mol. The lowest BCUT2D eigenvalue weighted by molar-refractivity contribution is -0.115. The Morgan fingerprint density at radius 2 is 1.79 bits per heavy atom. The van der Waals surface area contributed by atoms with Crippen molar-refractivity contribution >= 4 is 29.0 Å². The van der Waals surface area contributed by atoms with E-state index in [9.17, 15) is 14.4 Å². The molecule has 0 aliphatic rings. The van der Waals surface area contributed by atoms with E-state index in [0.29, 0.717) is 28.7 Å². The van der Waals surface area contributed by atoms with Crippen molar-refractivity contribution in [2.24, 2.45) is 0 Å². The molecule has 7 nitrogen and oxygen atoms in total. The highest BCUT2D eigenvalue weighted by Crippen LogP contribution is 2.22. The van der Waals surface area contributed by atoms with E-state index in [2.05, 4.69) is 36.0 Å². The van der Waals surface area contributed by atoms with Crippen molar-refractivity contribution in [3.63, 3.8) is 0 Å². The van der Waals surface area contributed by atoms with Gasteiger partial charge in [0.2, 0.25) is 5.91 Å². The number of carbonyl (C=O) groups excluding carboxylic acids is 3. The highest BCUT2D eigenvalue weighted by molar-refractivity contribution is 6.02. The number of amides is 1. The van der Waals surface area contributed by atoms with Crippen LogP contribution in [-0.2, 0) is 16.0 Å². The Bertz CT molecular complexity index is 898. The summed E-state index contributed by atoms with van der Waals surface area (Å²) in [6.07, 6.45) is -0.0760. The fraction of sp³-hybridized carbons (Fsp3) is 0.409. The number of nitrogens with one attached hydrogen (secondary N) is 2. The fourth-order valence-electron chi connectivity index (χ4n) is 3.47. The largest absolute Gasteiger partial charge is 0.465 e.